The van der Waals surface area contributed by atoms with Crippen molar-refractivity contribution in [3.8, 4) is 12.1 Å². The fraction of sp³-hybridized carbons (Fsp3) is 0.231. The molecule has 0 N–H and O–H groups in total. The van der Waals surface area contributed by atoms with Crippen LogP contribution in [0.15, 0.2) is 34.7 Å². The second kappa shape index (κ2) is 4.79. The highest BCUT2D eigenvalue weighted by atomic mass is 32.1. The quantitative estimate of drug-likeness (QED) is 0.585. The Morgan fingerprint density at radius 3 is 2.62 bits per heavy atom. The van der Waals surface area contributed by atoms with Crippen LogP contribution in [0.4, 0.5) is 0 Å². The smallest absolute Gasteiger partial charge is 0.133 e. The molecule has 1 heterocycles. The highest BCUT2D eigenvalue weighted by Gasteiger charge is 2.27. The van der Waals surface area contributed by atoms with E-state index in [4.69, 9.17) is 10.5 Å². The van der Waals surface area contributed by atoms with Crippen LogP contribution >= 0.6 is 11.3 Å². The maximum Gasteiger partial charge on any atom is 0.133 e. The summed E-state index contributed by atoms with van der Waals surface area (Å²) in [6.07, 6.45) is 6.09. The van der Waals surface area contributed by atoms with E-state index in [1.807, 2.05) is 41.8 Å². The van der Waals surface area contributed by atoms with Crippen molar-refractivity contribution in [3.05, 3.63) is 39.6 Å². The monoisotopic (exact) mass is 226 g/mol. The molecule has 78 valence electrons. The van der Waals surface area contributed by atoms with Gasteiger partial charge in [0.05, 0.1) is 0 Å². The lowest BCUT2D eigenvalue weighted by Gasteiger charge is -1.97. The van der Waals surface area contributed by atoms with Gasteiger partial charge < -0.3 is 0 Å². The Hall–Kier alpha value is -1.84. The van der Waals surface area contributed by atoms with E-state index in [-0.39, 0.29) is 5.57 Å². The Balaban J connectivity index is 2.26. The van der Waals surface area contributed by atoms with Gasteiger partial charge in [-0.15, -0.1) is 11.3 Å². The molecule has 1 aliphatic rings. The lowest BCUT2D eigenvalue weighted by atomic mass is 10.0. The molecule has 2 nitrogen and oxygen atoms in total. The largest absolute Gasteiger partial charge is 0.192 e. The molecule has 16 heavy (non-hydrogen) atoms. The molecule has 1 aliphatic carbocycles. The molecular formula is C13H10N2S. The zero-order chi connectivity index (χ0) is 11.4. The first-order valence-electron chi connectivity index (χ1n) is 5.11. The van der Waals surface area contributed by atoms with Gasteiger partial charge in [-0.05, 0) is 41.9 Å². The normalized spacial score (nSPS) is 14.4. The minimum Gasteiger partial charge on any atom is -0.192 e. The van der Waals surface area contributed by atoms with Crippen LogP contribution in [0.1, 0.15) is 17.7 Å². The molecule has 0 amide bonds. The summed E-state index contributed by atoms with van der Waals surface area (Å²) >= 11 is 1.65. The Morgan fingerprint density at radius 1 is 1.38 bits per heavy atom. The first-order valence-corrected chi connectivity index (χ1v) is 5.99. The SMILES string of the molecule is N#CC(C#N)=C(/C=C/c1cccs1)C1CC1. The number of nitriles is 2. The van der Waals surface area contributed by atoms with E-state index in [1.54, 1.807) is 11.3 Å². The van der Waals surface area contributed by atoms with E-state index >= 15 is 0 Å². The minimum absolute atomic E-state index is 0.260. The number of hydrogen-bond acceptors (Lipinski definition) is 3. The Morgan fingerprint density at radius 2 is 2.12 bits per heavy atom. The van der Waals surface area contributed by atoms with Gasteiger partial charge in [0.1, 0.15) is 17.7 Å². The summed E-state index contributed by atoms with van der Waals surface area (Å²) in [5, 5.41) is 19.7. The van der Waals surface area contributed by atoms with Crippen molar-refractivity contribution < 1.29 is 0 Å². The van der Waals surface area contributed by atoms with Gasteiger partial charge in [-0.2, -0.15) is 10.5 Å². The molecule has 0 spiro atoms. The molecule has 0 bridgehead atoms. The van der Waals surface area contributed by atoms with Gasteiger partial charge in [-0.1, -0.05) is 12.1 Å². The van der Waals surface area contributed by atoms with Crippen LogP contribution in [0.5, 0.6) is 0 Å². The molecule has 0 saturated heterocycles. The maximum atomic E-state index is 8.87. The highest BCUT2D eigenvalue weighted by Crippen LogP contribution is 2.39. The predicted molar refractivity (Wildman–Crippen MR) is 64.3 cm³/mol. The molecule has 1 aromatic rings. The second-order valence-corrected chi connectivity index (χ2v) is 4.66. The molecule has 3 heteroatoms. The number of allylic oxidation sites excluding steroid dienone is 3. The lowest BCUT2D eigenvalue weighted by molar-refractivity contribution is 1.04. The molecule has 0 aromatic carbocycles. The zero-order valence-corrected chi connectivity index (χ0v) is 9.50. The third kappa shape index (κ3) is 2.39. The molecule has 1 aromatic heterocycles. The van der Waals surface area contributed by atoms with E-state index in [0.717, 1.165) is 23.3 Å². The Labute approximate surface area is 98.8 Å². The maximum absolute atomic E-state index is 8.87. The topological polar surface area (TPSA) is 47.6 Å². The van der Waals surface area contributed by atoms with Crippen molar-refractivity contribution >= 4 is 17.4 Å². The minimum atomic E-state index is 0.260. The van der Waals surface area contributed by atoms with Crippen molar-refractivity contribution in [2.75, 3.05) is 0 Å². The van der Waals surface area contributed by atoms with E-state index < -0.39 is 0 Å². The highest BCUT2D eigenvalue weighted by molar-refractivity contribution is 7.10. The van der Waals surface area contributed by atoms with Crippen molar-refractivity contribution in [2.24, 2.45) is 5.92 Å². The van der Waals surface area contributed by atoms with Crippen LogP contribution in [0.2, 0.25) is 0 Å². The molecule has 0 atom stereocenters. The van der Waals surface area contributed by atoms with Gasteiger partial charge in [0.2, 0.25) is 0 Å². The van der Waals surface area contributed by atoms with Crippen LogP contribution in [-0.4, -0.2) is 0 Å². The molecule has 0 radical (unpaired) electrons. The van der Waals surface area contributed by atoms with Gasteiger partial charge >= 0.3 is 0 Å². The van der Waals surface area contributed by atoms with E-state index in [1.165, 1.54) is 0 Å². The fourth-order valence-electron chi connectivity index (χ4n) is 1.53. The molecule has 2 rings (SSSR count). The van der Waals surface area contributed by atoms with Crippen LogP contribution in [-0.2, 0) is 0 Å². The van der Waals surface area contributed by atoms with Crippen LogP contribution in [0.25, 0.3) is 6.08 Å². The fourth-order valence-corrected chi connectivity index (χ4v) is 2.15. The first-order chi connectivity index (χ1) is 7.85. The Kier molecular flexibility index (Phi) is 3.19. The van der Waals surface area contributed by atoms with Gasteiger partial charge in [0, 0.05) is 4.88 Å². The zero-order valence-electron chi connectivity index (χ0n) is 8.68. The molecule has 0 unspecified atom stereocenters. The molecule has 1 fully saturated rings. The summed E-state index contributed by atoms with van der Waals surface area (Å²) in [6.45, 7) is 0. The first kappa shape index (κ1) is 10.7. The second-order valence-electron chi connectivity index (χ2n) is 3.68. The van der Waals surface area contributed by atoms with Crippen molar-refractivity contribution in [2.45, 2.75) is 12.8 Å². The third-order valence-corrected chi connectivity index (χ3v) is 3.34. The number of thiophene rings is 1. The van der Waals surface area contributed by atoms with Gasteiger partial charge in [0.15, 0.2) is 0 Å². The van der Waals surface area contributed by atoms with E-state index in [2.05, 4.69) is 0 Å². The van der Waals surface area contributed by atoms with E-state index in [9.17, 15) is 0 Å². The van der Waals surface area contributed by atoms with Gasteiger partial charge in [0.25, 0.3) is 0 Å². The molecular weight excluding hydrogens is 216 g/mol. The number of rotatable bonds is 3. The van der Waals surface area contributed by atoms with Crippen molar-refractivity contribution in [1.29, 1.82) is 10.5 Å². The molecule has 1 saturated carbocycles. The average Bonchev–Trinajstić information content (AvgIpc) is 3.01. The van der Waals surface area contributed by atoms with Gasteiger partial charge in [-0.3, -0.25) is 0 Å². The standard InChI is InChI=1S/C13H10N2S/c14-8-11(9-15)13(10-3-4-10)6-5-12-2-1-7-16-12/h1-2,5-7,10H,3-4H2/b6-5+. The lowest BCUT2D eigenvalue weighted by Crippen LogP contribution is -1.87. The van der Waals surface area contributed by atoms with Crippen LogP contribution < -0.4 is 0 Å². The number of hydrogen-bond donors (Lipinski definition) is 0. The number of nitrogens with zero attached hydrogens (tertiary/aromatic N) is 2. The summed E-state index contributed by atoms with van der Waals surface area (Å²) in [4.78, 5) is 1.15. The summed E-state index contributed by atoms with van der Waals surface area (Å²) in [5.41, 5.74) is 1.16. The predicted octanol–water partition coefficient (Wildman–Crippen LogP) is 3.52. The average molecular weight is 226 g/mol. The van der Waals surface area contributed by atoms with Crippen molar-refractivity contribution in [3.63, 3.8) is 0 Å². The Bertz CT molecular complexity index is 489. The summed E-state index contributed by atoms with van der Waals surface area (Å²) in [5.74, 6) is 0.422. The summed E-state index contributed by atoms with van der Waals surface area (Å²) in [6, 6.07) is 7.95. The third-order valence-electron chi connectivity index (χ3n) is 2.50. The molecule has 0 aliphatic heterocycles. The van der Waals surface area contributed by atoms with E-state index in [0.29, 0.717) is 5.92 Å². The van der Waals surface area contributed by atoms with Crippen LogP contribution in [0.3, 0.4) is 0 Å². The van der Waals surface area contributed by atoms with Crippen LogP contribution in [0, 0.1) is 28.6 Å². The van der Waals surface area contributed by atoms with Crippen molar-refractivity contribution in [1.82, 2.24) is 0 Å². The summed E-state index contributed by atoms with van der Waals surface area (Å²) < 4.78 is 0. The van der Waals surface area contributed by atoms with Gasteiger partial charge in [-0.25, -0.2) is 0 Å². The summed E-state index contributed by atoms with van der Waals surface area (Å²) in [7, 11) is 0.